The molecule has 0 radical (unpaired) electrons. The van der Waals surface area contributed by atoms with Gasteiger partial charge in [-0.15, -0.1) is 0 Å². The molecule has 25 heavy (non-hydrogen) atoms. The summed E-state index contributed by atoms with van der Waals surface area (Å²) >= 11 is 0. The molecule has 2 aromatic rings. The van der Waals surface area contributed by atoms with Crippen molar-refractivity contribution < 1.29 is 18.1 Å². The van der Waals surface area contributed by atoms with Crippen molar-refractivity contribution in [2.24, 2.45) is 0 Å². The third-order valence-electron chi connectivity index (χ3n) is 3.75. The van der Waals surface area contributed by atoms with Crippen LogP contribution in [0.1, 0.15) is 12.8 Å². The second kappa shape index (κ2) is 6.60. The number of nitrogens with one attached hydrogen (secondary N) is 2. The topological polar surface area (TPSA) is 111 Å². The molecule has 0 aromatic heterocycles. The van der Waals surface area contributed by atoms with Crippen molar-refractivity contribution in [3.63, 3.8) is 0 Å². The number of ether oxygens (including phenoxy) is 1. The van der Waals surface area contributed by atoms with Crippen molar-refractivity contribution in [1.82, 2.24) is 0 Å². The van der Waals surface area contributed by atoms with E-state index in [1.54, 1.807) is 24.3 Å². The molecule has 1 aliphatic carbocycles. The lowest BCUT2D eigenvalue weighted by Crippen LogP contribution is -2.17. The molecule has 0 atom stereocenters. The summed E-state index contributed by atoms with van der Waals surface area (Å²) in [5, 5.41) is 14.1. The van der Waals surface area contributed by atoms with Gasteiger partial charge >= 0.3 is 0 Å². The van der Waals surface area contributed by atoms with Crippen LogP contribution in [0, 0.1) is 10.1 Å². The molecule has 0 amide bonds. The van der Waals surface area contributed by atoms with Crippen molar-refractivity contribution in [2.75, 3.05) is 17.1 Å². The van der Waals surface area contributed by atoms with E-state index in [4.69, 9.17) is 4.74 Å². The maximum absolute atomic E-state index is 12.8. The van der Waals surface area contributed by atoms with Crippen LogP contribution in [-0.2, 0) is 10.0 Å². The van der Waals surface area contributed by atoms with E-state index in [0.29, 0.717) is 11.4 Å². The summed E-state index contributed by atoms with van der Waals surface area (Å²) in [5.74, 6) is 0.355. The zero-order chi connectivity index (χ0) is 18.0. The van der Waals surface area contributed by atoms with E-state index >= 15 is 0 Å². The van der Waals surface area contributed by atoms with Crippen LogP contribution in [0.2, 0.25) is 0 Å². The third kappa shape index (κ3) is 3.82. The number of hydrogen-bond donors (Lipinski definition) is 2. The van der Waals surface area contributed by atoms with E-state index in [1.807, 2.05) is 0 Å². The van der Waals surface area contributed by atoms with Crippen LogP contribution in [0.25, 0.3) is 0 Å². The van der Waals surface area contributed by atoms with Gasteiger partial charge in [-0.3, -0.25) is 14.8 Å². The molecule has 3 rings (SSSR count). The van der Waals surface area contributed by atoms with Crippen LogP contribution < -0.4 is 14.8 Å². The lowest BCUT2D eigenvalue weighted by molar-refractivity contribution is -0.385. The number of nitro benzene ring substituents is 1. The van der Waals surface area contributed by atoms with Crippen molar-refractivity contribution in [1.29, 1.82) is 0 Å². The van der Waals surface area contributed by atoms with E-state index in [9.17, 15) is 18.5 Å². The Morgan fingerprint density at radius 2 is 1.88 bits per heavy atom. The van der Waals surface area contributed by atoms with Gasteiger partial charge in [0.05, 0.1) is 23.4 Å². The standard InChI is InChI=1S/C16H17N3O5S/c1-24-15-5-3-2-4-13(15)18-25(22,23)16-10-12(19(20)21)8-9-14(16)17-11-6-7-11/h2-5,8-11,17-18H,6-7H2,1H3. The van der Waals surface area contributed by atoms with E-state index in [1.165, 1.54) is 19.2 Å². The van der Waals surface area contributed by atoms with Crippen LogP contribution in [0.5, 0.6) is 5.75 Å². The molecule has 0 heterocycles. The van der Waals surface area contributed by atoms with Gasteiger partial charge in [-0.25, -0.2) is 8.42 Å². The first-order chi connectivity index (χ1) is 11.9. The highest BCUT2D eigenvalue weighted by molar-refractivity contribution is 7.93. The van der Waals surface area contributed by atoms with Gasteiger partial charge in [0, 0.05) is 18.2 Å². The molecular formula is C16H17N3O5S. The maximum Gasteiger partial charge on any atom is 0.270 e. The normalized spacial score (nSPS) is 14.0. The minimum Gasteiger partial charge on any atom is -0.495 e. The molecule has 1 saturated carbocycles. The quantitative estimate of drug-likeness (QED) is 0.578. The predicted molar refractivity (Wildman–Crippen MR) is 93.5 cm³/mol. The largest absolute Gasteiger partial charge is 0.495 e. The Labute approximate surface area is 145 Å². The Hall–Kier alpha value is -2.81. The molecular weight excluding hydrogens is 346 g/mol. The van der Waals surface area contributed by atoms with Gasteiger partial charge in [0.15, 0.2) is 0 Å². The fourth-order valence-electron chi connectivity index (χ4n) is 2.34. The SMILES string of the molecule is COc1ccccc1NS(=O)(=O)c1cc([N+](=O)[O-])ccc1NC1CC1. The van der Waals surface area contributed by atoms with Crippen molar-refractivity contribution >= 4 is 27.1 Å². The fraction of sp³-hybridized carbons (Fsp3) is 0.250. The van der Waals surface area contributed by atoms with Crippen molar-refractivity contribution in [2.45, 2.75) is 23.8 Å². The summed E-state index contributed by atoms with van der Waals surface area (Å²) in [4.78, 5) is 10.2. The van der Waals surface area contributed by atoms with Crippen molar-refractivity contribution in [3.05, 3.63) is 52.6 Å². The number of hydrogen-bond acceptors (Lipinski definition) is 6. The number of nitrogens with zero attached hydrogens (tertiary/aromatic N) is 1. The van der Waals surface area contributed by atoms with Crippen LogP contribution in [0.15, 0.2) is 47.4 Å². The van der Waals surface area contributed by atoms with Gasteiger partial charge in [0.2, 0.25) is 0 Å². The third-order valence-corrected chi connectivity index (χ3v) is 5.16. The number of anilines is 2. The number of non-ortho nitro benzene ring substituents is 1. The summed E-state index contributed by atoms with van der Waals surface area (Å²) in [6.07, 6.45) is 1.88. The first kappa shape index (κ1) is 17.0. The minimum atomic E-state index is -4.05. The molecule has 8 nitrogen and oxygen atoms in total. The average Bonchev–Trinajstić information content (AvgIpc) is 3.39. The Morgan fingerprint density at radius 3 is 2.52 bits per heavy atom. The minimum absolute atomic E-state index is 0.167. The highest BCUT2D eigenvalue weighted by atomic mass is 32.2. The summed E-state index contributed by atoms with van der Waals surface area (Å²) in [7, 11) is -2.62. The number of methoxy groups -OCH3 is 1. The molecule has 0 unspecified atom stereocenters. The molecule has 1 aliphatic rings. The molecule has 132 valence electrons. The van der Waals surface area contributed by atoms with Crippen LogP contribution >= 0.6 is 0 Å². The zero-order valence-electron chi connectivity index (χ0n) is 13.4. The van der Waals surface area contributed by atoms with Gasteiger partial charge < -0.3 is 10.1 Å². The summed E-state index contributed by atoms with van der Waals surface area (Å²) in [5.41, 5.74) is 0.311. The Kier molecular flexibility index (Phi) is 4.49. The number of benzene rings is 2. The molecule has 2 aromatic carbocycles. The molecule has 0 saturated heterocycles. The Balaban J connectivity index is 2.02. The second-order valence-electron chi connectivity index (χ2n) is 5.66. The summed E-state index contributed by atoms with van der Waals surface area (Å²) < 4.78 is 33.3. The predicted octanol–water partition coefficient (Wildman–Crippen LogP) is 2.98. The van der Waals surface area contributed by atoms with Crippen LogP contribution in [-0.4, -0.2) is 26.5 Å². The molecule has 9 heteroatoms. The van der Waals surface area contributed by atoms with E-state index in [0.717, 1.165) is 18.9 Å². The lowest BCUT2D eigenvalue weighted by atomic mass is 10.3. The van der Waals surface area contributed by atoms with E-state index in [-0.39, 0.29) is 22.3 Å². The van der Waals surface area contributed by atoms with Crippen molar-refractivity contribution in [3.8, 4) is 5.75 Å². The van der Waals surface area contributed by atoms with E-state index in [2.05, 4.69) is 10.0 Å². The van der Waals surface area contributed by atoms with Gasteiger partial charge in [-0.2, -0.15) is 0 Å². The maximum atomic E-state index is 12.8. The number of rotatable bonds is 7. The second-order valence-corrected chi connectivity index (χ2v) is 7.31. The highest BCUT2D eigenvalue weighted by Gasteiger charge is 2.27. The number of para-hydroxylation sites is 2. The summed E-state index contributed by atoms with van der Waals surface area (Å²) in [6.45, 7) is 0. The zero-order valence-corrected chi connectivity index (χ0v) is 14.2. The first-order valence-corrected chi connectivity index (χ1v) is 9.10. The molecule has 0 bridgehead atoms. The average molecular weight is 363 g/mol. The lowest BCUT2D eigenvalue weighted by Gasteiger charge is -2.15. The smallest absolute Gasteiger partial charge is 0.270 e. The van der Waals surface area contributed by atoms with Crippen LogP contribution in [0.3, 0.4) is 0 Å². The molecule has 0 aliphatic heterocycles. The highest BCUT2D eigenvalue weighted by Crippen LogP contribution is 2.33. The van der Waals surface area contributed by atoms with Gasteiger partial charge in [-0.05, 0) is 31.0 Å². The van der Waals surface area contributed by atoms with Gasteiger partial charge in [0.25, 0.3) is 15.7 Å². The van der Waals surface area contributed by atoms with Gasteiger partial charge in [-0.1, -0.05) is 12.1 Å². The number of nitro groups is 1. The van der Waals surface area contributed by atoms with E-state index < -0.39 is 14.9 Å². The first-order valence-electron chi connectivity index (χ1n) is 7.61. The molecule has 1 fully saturated rings. The molecule has 0 spiro atoms. The fourth-order valence-corrected chi connectivity index (χ4v) is 3.60. The van der Waals surface area contributed by atoms with Crippen LogP contribution in [0.4, 0.5) is 17.1 Å². The Bertz CT molecular complexity index is 910. The van der Waals surface area contributed by atoms with Gasteiger partial charge in [0.1, 0.15) is 10.6 Å². The summed E-state index contributed by atoms with van der Waals surface area (Å²) in [6, 6.07) is 10.5. The number of sulfonamides is 1. The Morgan fingerprint density at radius 1 is 1.16 bits per heavy atom. The molecule has 2 N–H and O–H groups in total. The monoisotopic (exact) mass is 363 g/mol.